The number of rotatable bonds is 9. The predicted octanol–water partition coefficient (Wildman–Crippen LogP) is 5.66. The van der Waals surface area contributed by atoms with Crippen molar-refractivity contribution in [1.29, 1.82) is 0 Å². The Balaban J connectivity index is 1.50. The summed E-state index contributed by atoms with van der Waals surface area (Å²) < 4.78 is 8.33. The van der Waals surface area contributed by atoms with Gasteiger partial charge in [0, 0.05) is 0 Å². The summed E-state index contributed by atoms with van der Waals surface area (Å²) in [6, 6.07) is 25.8. The van der Waals surface area contributed by atoms with Crippen LogP contribution in [0.1, 0.15) is 49.7 Å². The van der Waals surface area contributed by atoms with Crippen LogP contribution in [0.15, 0.2) is 78.9 Å². The number of carbonyl (C=O) groups excluding carboxylic acids is 1. The highest BCUT2D eigenvalue weighted by Gasteiger charge is 2.19. The van der Waals surface area contributed by atoms with E-state index < -0.39 is 0 Å². The molecule has 0 aliphatic carbocycles. The first-order valence-electron chi connectivity index (χ1n) is 11.5. The smallest absolute Gasteiger partial charge is 0.224 e. The van der Waals surface area contributed by atoms with E-state index in [1.807, 2.05) is 73.7 Å². The van der Waals surface area contributed by atoms with Crippen molar-refractivity contribution in [1.82, 2.24) is 14.9 Å². The Morgan fingerprint density at radius 1 is 0.939 bits per heavy atom. The Kier molecular flexibility index (Phi) is 7.08. The molecule has 3 aromatic carbocycles. The number of nitrogens with zero attached hydrogens (tertiary/aromatic N) is 2. The molecule has 1 aromatic heterocycles. The molecule has 1 amide bonds. The zero-order chi connectivity index (χ0) is 23.2. The Bertz CT molecular complexity index is 1210. The quantitative estimate of drug-likeness (QED) is 0.365. The number of hydrogen-bond donors (Lipinski definition) is 1. The molecule has 0 bridgehead atoms. The average molecular weight is 442 g/mol. The first-order valence-corrected chi connectivity index (χ1v) is 11.5. The number of fused-ring (bicyclic) bond motifs is 1. The Hall–Kier alpha value is -3.60. The molecule has 0 fully saturated rings. The standard InChI is InChI=1S/C28H31N3O2/c1-20(2)23-13-7-10-16-26(23)33-18-17-31-25-15-9-8-14-24(25)30-28(31)21(3)29-27(32)19-22-11-5-4-6-12-22/h4-16,20-21H,17-19H2,1-3H3,(H,29,32). The highest BCUT2D eigenvalue weighted by Crippen LogP contribution is 2.26. The summed E-state index contributed by atoms with van der Waals surface area (Å²) in [4.78, 5) is 17.5. The summed E-state index contributed by atoms with van der Waals surface area (Å²) in [7, 11) is 0. The maximum atomic E-state index is 12.7. The molecule has 0 saturated carbocycles. The zero-order valence-electron chi connectivity index (χ0n) is 19.5. The summed E-state index contributed by atoms with van der Waals surface area (Å²) in [5, 5.41) is 3.12. The highest BCUT2D eigenvalue weighted by atomic mass is 16.5. The van der Waals surface area contributed by atoms with Gasteiger partial charge in [-0.3, -0.25) is 4.79 Å². The zero-order valence-corrected chi connectivity index (χ0v) is 19.5. The molecule has 5 nitrogen and oxygen atoms in total. The molecule has 170 valence electrons. The van der Waals surface area contributed by atoms with Gasteiger partial charge >= 0.3 is 0 Å². The largest absolute Gasteiger partial charge is 0.491 e. The minimum atomic E-state index is -0.225. The molecule has 4 aromatic rings. The molecule has 0 saturated heterocycles. The maximum absolute atomic E-state index is 12.7. The average Bonchev–Trinajstić information content (AvgIpc) is 3.19. The second-order valence-electron chi connectivity index (χ2n) is 8.60. The van der Waals surface area contributed by atoms with Gasteiger partial charge in [0.15, 0.2) is 0 Å². The van der Waals surface area contributed by atoms with Crippen LogP contribution < -0.4 is 10.1 Å². The molecule has 5 heteroatoms. The number of nitrogens with one attached hydrogen (secondary N) is 1. The van der Waals surface area contributed by atoms with Crippen LogP contribution in [0.25, 0.3) is 11.0 Å². The van der Waals surface area contributed by atoms with E-state index in [1.54, 1.807) is 0 Å². The fraction of sp³-hybridized carbons (Fsp3) is 0.286. The van der Waals surface area contributed by atoms with Crippen LogP contribution in [0.2, 0.25) is 0 Å². The second-order valence-corrected chi connectivity index (χ2v) is 8.60. The SMILES string of the molecule is CC(C)c1ccccc1OCCn1c(C(C)NC(=O)Cc2ccccc2)nc2ccccc21. The van der Waals surface area contributed by atoms with E-state index in [0.29, 0.717) is 25.5 Å². The Morgan fingerprint density at radius 2 is 1.64 bits per heavy atom. The van der Waals surface area contributed by atoms with Gasteiger partial charge < -0.3 is 14.6 Å². The molecular formula is C28H31N3O2. The Labute approximate surface area is 195 Å². The molecule has 33 heavy (non-hydrogen) atoms. The van der Waals surface area contributed by atoms with Gasteiger partial charge in [-0.25, -0.2) is 4.98 Å². The van der Waals surface area contributed by atoms with E-state index in [2.05, 4.69) is 35.9 Å². The first-order chi connectivity index (χ1) is 16.0. The molecular weight excluding hydrogens is 410 g/mol. The van der Waals surface area contributed by atoms with E-state index >= 15 is 0 Å². The van der Waals surface area contributed by atoms with Gasteiger partial charge in [0.05, 0.1) is 30.0 Å². The summed E-state index contributed by atoms with van der Waals surface area (Å²) in [6.07, 6.45) is 0.348. The van der Waals surface area contributed by atoms with E-state index in [1.165, 1.54) is 5.56 Å². The number of ether oxygens (including phenoxy) is 1. The van der Waals surface area contributed by atoms with E-state index in [9.17, 15) is 4.79 Å². The van der Waals surface area contributed by atoms with Crippen LogP contribution in [-0.2, 0) is 17.8 Å². The topological polar surface area (TPSA) is 56.1 Å². The van der Waals surface area contributed by atoms with Crippen molar-refractivity contribution in [3.63, 3.8) is 0 Å². The van der Waals surface area contributed by atoms with Gasteiger partial charge in [0.2, 0.25) is 5.91 Å². The number of amides is 1. The van der Waals surface area contributed by atoms with E-state index in [-0.39, 0.29) is 11.9 Å². The highest BCUT2D eigenvalue weighted by molar-refractivity contribution is 5.79. The molecule has 4 rings (SSSR count). The van der Waals surface area contributed by atoms with Crippen LogP contribution in [0.5, 0.6) is 5.75 Å². The fourth-order valence-corrected chi connectivity index (χ4v) is 4.13. The van der Waals surface area contributed by atoms with E-state index in [4.69, 9.17) is 9.72 Å². The van der Waals surface area contributed by atoms with Gasteiger partial charge in [-0.05, 0) is 42.2 Å². The number of imidazole rings is 1. The van der Waals surface area contributed by atoms with Crippen molar-refractivity contribution in [2.75, 3.05) is 6.61 Å². The third-order valence-electron chi connectivity index (χ3n) is 5.77. The fourth-order valence-electron chi connectivity index (χ4n) is 4.13. The molecule has 1 atom stereocenters. The lowest BCUT2D eigenvalue weighted by Crippen LogP contribution is -2.30. The molecule has 0 aliphatic heterocycles. The summed E-state index contributed by atoms with van der Waals surface area (Å²) in [5.41, 5.74) is 4.15. The maximum Gasteiger partial charge on any atom is 0.224 e. The van der Waals surface area contributed by atoms with Gasteiger partial charge in [0.1, 0.15) is 18.2 Å². The predicted molar refractivity (Wildman–Crippen MR) is 132 cm³/mol. The Morgan fingerprint density at radius 3 is 2.42 bits per heavy atom. The number of benzene rings is 3. The molecule has 1 unspecified atom stereocenters. The lowest BCUT2D eigenvalue weighted by Gasteiger charge is -2.18. The summed E-state index contributed by atoms with van der Waals surface area (Å²) >= 11 is 0. The van der Waals surface area contributed by atoms with Gasteiger partial charge in [-0.1, -0.05) is 74.5 Å². The molecule has 1 N–H and O–H groups in total. The first kappa shape index (κ1) is 22.6. The van der Waals surface area contributed by atoms with Crippen molar-refractivity contribution >= 4 is 16.9 Å². The van der Waals surface area contributed by atoms with Crippen molar-refractivity contribution < 1.29 is 9.53 Å². The van der Waals surface area contributed by atoms with Crippen LogP contribution >= 0.6 is 0 Å². The molecule has 0 radical (unpaired) electrons. The lowest BCUT2D eigenvalue weighted by atomic mass is 10.0. The van der Waals surface area contributed by atoms with Gasteiger partial charge in [-0.15, -0.1) is 0 Å². The van der Waals surface area contributed by atoms with Crippen molar-refractivity contribution in [2.24, 2.45) is 0 Å². The second kappa shape index (κ2) is 10.3. The van der Waals surface area contributed by atoms with Crippen LogP contribution in [0, 0.1) is 0 Å². The third kappa shape index (κ3) is 5.43. The van der Waals surface area contributed by atoms with Crippen molar-refractivity contribution in [3.05, 3.63) is 95.8 Å². The van der Waals surface area contributed by atoms with Crippen molar-refractivity contribution in [3.8, 4) is 5.75 Å². The number of para-hydroxylation sites is 3. The monoisotopic (exact) mass is 441 g/mol. The third-order valence-corrected chi connectivity index (χ3v) is 5.77. The van der Waals surface area contributed by atoms with Crippen LogP contribution in [0.3, 0.4) is 0 Å². The number of aromatic nitrogens is 2. The molecule has 0 spiro atoms. The van der Waals surface area contributed by atoms with Gasteiger partial charge in [-0.2, -0.15) is 0 Å². The lowest BCUT2D eigenvalue weighted by molar-refractivity contribution is -0.121. The van der Waals surface area contributed by atoms with Gasteiger partial charge in [0.25, 0.3) is 0 Å². The molecule has 1 heterocycles. The minimum absolute atomic E-state index is 0.0191. The van der Waals surface area contributed by atoms with Crippen LogP contribution in [-0.4, -0.2) is 22.1 Å². The summed E-state index contributed by atoms with van der Waals surface area (Å²) in [6.45, 7) is 7.48. The number of hydrogen-bond acceptors (Lipinski definition) is 3. The van der Waals surface area contributed by atoms with Crippen molar-refractivity contribution in [2.45, 2.75) is 45.7 Å². The number of carbonyl (C=O) groups is 1. The molecule has 0 aliphatic rings. The minimum Gasteiger partial charge on any atom is -0.491 e. The van der Waals surface area contributed by atoms with E-state index in [0.717, 1.165) is 28.2 Å². The summed E-state index contributed by atoms with van der Waals surface area (Å²) in [5.74, 6) is 2.13. The normalized spacial score (nSPS) is 12.1. The van der Waals surface area contributed by atoms with Crippen LogP contribution in [0.4, 0.5) is 0 Å².